The van der Waals surface area contributed by atoms with E-state index in [1.807, 2.05) is 4.90 Å². The van der Waals surface area contributed by atoms with Crippen molar-refractivity contribution in [2.45, 2.75) is 44.9 Å². The minimum Gasteiger partial charge on any atom is -0.353 e. The molecule has 1 atom stereocenters. The highest BCUT2D eigenvalue weighted by Gasteiger charge is 2.30. The standard InChI is InChI=1S/C19H27N7O2/c27-15-7-5-10-25(15)12-14-6-4-11-26(13-14)19-18(24-8-2-1-3-9-24)20-16-17(21-19)23-28-22-16/h14H,1-13H2/t14-/m1/s1. The van der Waals surface area contributed by atoms with Gasteiger partial charge in [-0.3, -0.25) is 4.79 Å². The highest BCUT2D eigenvalue weighted by atomic mass is 16.6. The maximum absolute atomic E-state index is 12.0. The van der Waals surface area contributed by atoms with Crippen LogP contribution in [0.4, 0.5) is 11.6 Å². The Labute approximate surface area is 164 Å². The van der Waals surface area contributed by atoms with Crippen molar-refractivity contribution in [1.82, 2.24) is 25.2 Å². The lowest BCUT2D eigenvalue weighted by atomic mass is 9.97. The van der Waals surface area contributed by atoms with Crippen molar-refractivity contribution in [3.05, 3.63) is 0 Å². The molecule has 0 aromatic carbocycles. The van der Waals surface area contributed by atoms with Crippen LogP contribution in [0.3, 0.4) is 0 Å². The average Bonchev–Trinajstić information content (AvgIpc) is 3.36. The van der Waals surface area contributed by atoms with Crippen LogP contribution in [0.25, 0.3) is 11.3 Å². The number of nitrogens with zero attached hydrogens (tertiary/aromatic N) is 7. The molecule has 5 rings (SSSR count). The lowest BCUT2D eigenvalue weighted by Gasteiger charge is -2.37. The van der Waals surface area contributed by atoms with Crippen LogP contribution in [0.5, 0.6) is 0 Å². The molecule has 9 nitrogen and oxygen atoms in total. The summed E-state index contributed by atoms with van der Waals surface area (Å²) in [6.07, 6.45) is 7.57. The lowest BCUT2D eigenvalue weighted by Crippen LogP contribution is -2.43. The van der Waals surface area contributed by atoms with Crippen LogP contribution in [0, 0.1) is 5.92 Å². The Morgan fingerprint density at radius 1 is 0.857 bits per heavy atom. The second kappa shape index (κ2) is 7.52. The maximum Gasteiger partial charge on any atom is 0.245 e. The summed E-state index contributed by atoms with van der Waals surface area (Å²) >= 11 is 0. The fourth-order valence-electron chi connectivity index (χ4n) is 4.77. The van der Waals surface area contributed by atoms with Gasteiger partial charge in [0, 0.05) is 45.7 Å². The minimum absolute atomic E-state index is 0.306. The Balaban J connectivity index is 1.41. The molecule has 1 amide bonds. The number of hydrogen-bond acceptors (Lipinski definition) is 8. The van der Waals surface area contributed by atoms with Gasteiger partial charge in [-0.25, -0.2) is 14.6 Å². The Hall–Kier alpha value is -2.45. The summed E-state index contributed by atoms with van der Waals surface area (Å²) in [5.74, 6) is 2.57. The second-order valence-corrected chi connectivity index (χ2v) is 8.23. The first-order valence-corrected chi connectivity index (χ1v) is 10.6. The molecule has 2 aromatic heterocycles. The molecule has 3 saturated heterocycles. The predicted octanol–water partition coefficient (Wildman–Crippen LogP) is 1.84. The molecule has 2 aromatic rings. The molecule has 5 heterocycles. The van der Waals surface area contributed by atoms with Crippen LogP contribution in [0.2, 0.25) is 0 Å². The van der Waals surface area contributed by atoms with Crippen molar-refractivity contribution in [1.29, 1.82) is 0 Å². The smallest absolute Gasteiger partial charge is 0.245 e. The van der Waals surface area contributed by atoms with Gasteiger partial charge in [0.25, 0.3) is 0 Å². The summed E-state index contributed by atoms with van der Waals surface area (Å²) in [5, 5.41) is 7.82. The number of amides is 1. The SMILES string of the molecule is O=C1CCCN1C[C@H]1CCCN(c2nc3nonc3nc2N2CCCCC2)C1. The first-order valence-electron chi connectivity index (χ1n) is 10.6. The van der Waals surface area contributed by atoms with E-state index in [0.29, 0.717) is 29.5 Å². The van der Waals surface area contributed by atoms with E-state index in [9.17, 15) is 4.79 Å². The molecule has 0 unspecified atom stereocenters. The van der Waals surface area contributed by atoms with Crippen molar-refractivity contribution in [3.63, 3.8) is 0 Å². The third-order valence-corrected chi connectivity index (χ3v) is 6.20. The molecule has 0 radical (unpaired) electrons. The summed E-state index contributed by atoms with van der Waals surface area (Å²) in [6, 6.07) is 0. The third kappa shape index (κ3) is 3.38. The van der Waals surface area contributed by atoms with E-state index in [0.717, 1.165) is 70.2 Å². The van der Waals surface area contributed by atoms with Gasteiger partial charge in [-0.2, -0.15) is 0 Å². The number of anilines is 2. The average molecular weight is 385 g/mol. The Morgan fingerprint density at radius 2 is 1.57 bits per heavy atom. The van der Waals surface area contributed by atoms with Crippen LogP contribution in [-0.4, -0.2) is 70.4 Å². The molecular weight excluding hydrogens is 358 g/mol. The van der Waals surface area contributed by atoms with Crippen molar-refractivity contribution in [2.75, 3.05) is 49.1 Å². The van der Waals surface area contributed by atoms with Crippen LogP contribution >= 0.6 is 0 Å². The van der Waals surface area contributed by atoms with Crippen LogP contribution < -0.4 is 9.80 Å². The van der Waals surface area contributed by atoms with Crippen LogP contribution in [0.1, 0.15) is 44.9 Å². The number of aromatic nitrogens is 4. The van der Waals surface area contributed by atoms with E-state index in [1.54, 1.807) is 0 Å². The van der Waals surface area contributed by atoms with Crippen LogP contribution in [-0.2, 0) is 4.79 Å². The minimum atomic E-state index is 0.306. The molecule has 0 N–H and O–H groups in total. The lowest BCUT2D eigenvalue weighted by molar-refractivity contribution is -0.128. The van der Waals surface area contributed by atoms with Gasteiger partial charge in [0.1, 0.15) is 0 Å². The highest BCUT2D eigenvalue weighted by Crippen LogP contribution is 2.32. The number of hydrogen-bond donors (Lipinski definition) is 0. The Kier molecular flexibility index (Phi) is 4.74. The monoisotopic (exact) mass is 385 g/mol. The van der Waals surface area contributed by atoms with E-state index in [1.165, 1.54) is 19.3 Å². The van der Waals surface area contributed by atoms with Gasteiger partial charge in [-0.1, -0.05) is 0 Å². The fourth-order valence-corrected chi connectivity index (χ4v) is 4.77. The van der Waals surface area contributed by atoms with Crippen molar-refractivity contribution in [2.24, 2.45) is 5.92 Å². The molecule has 3 fully saturated rings. The van der Waals surface area contributed by atoms with Gasteiger partial charge in [0.2, 0.25) is 17.2 Å². The van der Waals surface area contributed by atoms with Crippen molar-refractivity contribution < 1.29 is 9.42 Å². The van der Waals surface area contributed by atoms with E-state index >= 15 is 0 Å². The summed E-state index contributed by atoms with van der Waals surface area (Å²) in [7, 11) is 0. The van der Waals surface area contributed by atoms with Crippen LogP contribution in [0.15, 0.2) is 4.63 Å². The third-order valence-electron chi connectivity index (χ3n) is 6.20. The predicted molar refractivity (Wildman–Crippen MR) is 104 cm³/mol. The van der Waals surface area contributed by atoms with E-state index in [2.05, 4.69) is 20.1 Å². The van der Waals surface area contributed by atoms with E-state index in [4.69, 9.17) is 14.6 Å². The topological polar surface area (TPSA) is 91.5 Å². The summed E-state index contributed by atoms with van der Waals surface area (Å²) in [6.45, 7) is 5.61. The maximum atomic E-state index is 12.0. The summed E-state index contributed by atoms with van der Waals surface area (Å²) < 4.78 is 4.87. The fraction of sp³-hybridized carbons (Fsp3) is 0.737. The largest absolute Gasteiger partial charge is 0.353 e. The van der Waals surface area contributed by atoms with Gasteiger partial charge in [-0.15, -0.1) is 0 Å². The number of carbonyl (C=O) groups is 1. The molecule has 3 aliphatic heterocycles. The number of fused-ring (bicyclic) bond motifs is 1. The number of rotatable bonds is 4. The van der Waals surface area contributed by atoms with Crippen molar-refractivity contribution in [3.8, 4) is 0 Å². The van der Waals surface area contributed by atoms with E-state index in [-0.39, 0.29) is 0 Å². The van der Waals surface area contributed by atoms with Gasteiger partial charge in [-0.05, 0) is 54.8 Å². The number of piperidine rings is 2. The zero-order valence-corrected chi connectivity index (χ0v) is 16.2. The van der Waals surface area contributed by atoms with Gasteiger partial charge >= 0.3 is 0 Å². The summed E-state index contributed by atoms with van der Waals surface area (Å²) in [4.78, 5) is 28.3. The molecule has 0 spiro atoms. The van der Waals surface area contributed by atoms with Gasteiger partial charge in [0.15, 0.2) is 11.6 Å². The number of likely N-dealkylation sites (tertiary alicyclic amines) is 1. The summed E-state index contributed by atoms with van der Waals surface area (Å²) in [5.41, 5.74) is 0.938. The Morgan fingerprint density at radius 3 is 2.29 bits per heavy atom. The zero-order chi connectivity index (χ0) is 18.9. The van der Waals surface area contributed by atoms with Gasteiger partial charge in [0.05, 0.1) is 0 Å². The second-order valence-electron chi connectivity index (χ2n) is 8.23. The normalized spacial score (nSPS) is 23.8. The molecule has 28 heavy (non-hydrogen) atoms. The first-order chi connectivity index (χ1) is 13.8. The van der Waals surface area contributed by atoms with Crippen molar-refractivity contribution >= 4 is 28.8 Å². The molecule has 0 aliphatic carbocycles. The molecule has 9 heteroatoms. The molecule has 0 bridgehead atoms. The first kappa shape index (κ1) is 17.6. The quantitative estimate of drug-likeness (QED) is 0.787. The molecular formula is C19H27N7O2. The molecule has 150 valence electrons. The zero-order valence-electron chi connectivity index (χ0n) is 16.2. The Bertz CT molecular complexity index is 848. The molecule has 3 aliphatic rings. The number of carbonyl (C=O) groups excluding carboxylic acids is 1. The molecule has 0 saturated carbocycles. The highest BCUT2D eigenvalue weighted by molar-refractivity contribution is 5.78. The van der Waals surface area contributed by atoms with E-state index < -0.39 is 0 Å². The van der Waals surface area contributed by atoms with Gasteiger partial charge < -0.3 is 14.7 Å².